The lowest BCUT2D eigenvalue weighted by atomic mass is 10.1. The molecular formula is C14H15N7O. The zero-order chi connectivity index (χ0) is 15.5. The summed E-state index contributed by atoms with van der Waals surface area (Å²) in [5.74, 6) is -0.101. The van der Waals surface area contributed by atoms with Crippen LogP contribution in [0.2, 0.25) is 0 Å². The summed E-state index contributed by atoms with van der Waals surface area (Å²) in [6.07, 6.45) is 3.81. The van der Waals surface area contributed by atoms with Crippen LogP contribution in [0.15, 0.2) is 41.8 Å². The van der Waals surface area contributed by atoms with Crippen LogP contribution in [0.4, 0.5) is 0 Å². The molecule has 0 aliphatic carbocycles. The Hall–Kier alpha value is -2.86. The van der Waals surface area contributed by atoms with Gasteiger partial charge < -0.3 is 4.90 Å². The minimum atomic E-state index is -0.168. The molecule has 22 heavy (non-hydrogen) atoms. The Morgan fingerprint density at radius 1 is 1.36 bits per heavy atom. The molecule has 1 aliphatic rings. The summed E-state index contributed by atoms with van der Waals surface area (Å²) in [6.45, 7) is 2.39. The normalized spacial score (nSPS) is 20.7. The summed E-state index contributed by atoms with van der Waals surface area (Å²) in [5, 5.41) is 11.9. The Morgan fingerprint density at radius 3 is 2.82 bits per heavy atom. The summed E-state index contributed by atoms with van der Waals surface area (Å²) in [7, 11) is 0. The predicted molar refractivity (Wildman–Crippen MR) is 79.4 cm³/mol. The summed E-state index contributed by atoms with van der Waals surface area (Å²) in [6, 6.07) is 7.08. The van der Waals surface area contributed by atoms with Crippen LogP contribution in [0.3, 0.4) is 0 Å². The number of carbonyl (C=O) groups excluding carboxylic acids is 1. The first-order valence-corrected chi connectivity index (χ1v) is 7.01. The SMILES string of the molecule is C[C@@H]1CC(N=[N+]=[N-])CN1C(=O)c1ccccc1-n1nccn1. The molecule has 0 spiro atoms. The summed E-state index contributed by atoms with van der Waals surface area (Å²) >= 11 is 0. The monoisotopic (exact) mass is 297 g/mol. The van der Waals surface area contributed by atoms with Gasteiger partial charge in [-0.15, -0.1) is 0 Å². The smallest absolute Gasteiger partial charge is 0.256 e. The fraction of sp³-hybridized carbons (Fsp3) is 0.357. The molecule has 2 heterocycles. The van der Waals surface area contributed by atoms with Crippen LogP contribution in [0.5, 0.6) is 0 Å². The summed E-state index contributed by atoms with van der Waals surface area (Å²) < 4.78 is 0. The van der Waals surface area contributed by atoms with E-state index in [1.54, 1.807) is 29.4 Å². The Bertz CT molecular complexity index is 721. The fourth-order valence-corrected chi connectivity index (χ4v) is 2.77. The highest BCUT2D eigenvalue weighted by Crippen LogP contribution is 2.24. The average Bonchev–Trinajstić information content (AvgIpc) is 3.17. The number of aromatic nitrogens is 3. The first-order valence-electron chi connectivity index (χ1n) is 7.01. The van der Waals surface area contributed by atoms with Gasteiger partial charge >= 0.3 is 0 Å². The highest BCUT2D eigenvalue weighted by atomic mass is 16.2. The van der Waals surface area contributed by atoms with Crippen molar-refractivity contribution in [1.29, 1.82) is 0 Å². The Kier molecular flexibility index (Phi) is 3.76. The van der Waals surface area contributed by atoms with Gasteiger partial charge in [0.05, 0.1) is 29.7 Å². The van der Waals surface area contributed by atoms with E-state index in [1.807, 2.05) is 19.1 Å². The minimum Gasteiger partial charge on any atom is -0.335 e. The van der Waals surface area contributed by atoms with Crippen LogP contribution < -0.4 is 0 Å². The molecule has 1 amide bonds. The van der Waals surface area contributed by atoms with Crippen molar-refractivity contribution < 1.29 is 4.79 Å². The number of para-hydroxylation sites is 1. The third kappa shape index (κ3) is 2.51. The van der Waals surface area contributed by atoms with Crippen molar-refractivity contribution in [2.45, 2.75) is 25.4 Å². The standard InChI is InChI=1S/C14H15N7O/c1-10-8-11(18-19-15)9-20(10)14(22)12-4-2-3-5-13(12)21-16-6-7-17-21/h2-7,10-11H,8-9H2,1H3/t10-,11?/m1/s1. The van der Waals surface area contributed by atoms with Gasteiger partial charge in [-0.1, -0.05) is 17.2 Å². The maximum absolute atomic E-state index is 12.8. The molecule has 2 atom stereocenters. The number of azide groups is 1. The van der Waals surface area contributed by atoms with Crippen molar-refractivity contribution in [1.82, 2.24) is 19.9 Å². The van der Waals surface area contributed by atoms with Crippen molar-refractivity contribution in [3.8, 4) is 5.69 Å². The molecule has 3 rings (SSSR count). The van der Waals surface area contributed by atoms with Gasteiger partial charge in [0.1, 0.15) is 0 Å². The Balaban J connectivity index is 1.92. The lowest BCUT2D eigenvalue weighted by molar-refractivity contribution is 0.0745. The Morgan fingerprint density at radius 2 is 2.09 bits per heavy atom. The van der Waals surface area contributed by atoms with Gasteiger partial charge in [-0.05, 0) is 31.0 Å². The molecular weight excluding hydrogens is 282 g/mol. The van der Waals surface area contributed by atoms with Gasteiger partial charge in [0.15, 0.2) is 0 Å². The molecule has 0 N–H and O–H groups in total. The number of likely N-dealkylation sites (tertiary alicyclic amines) is 1. The van der Waals surface area contributed by atoms with Gasteiger partial charge in [-0.25, -0.2) is 0 Å². The molecule has 0 radical (unpaired) electrons. The molecule has 1 aromatic heterocycles. The number of carbonyl (C=O) groups is 1. The van der Waals surface area contributed by atoms with E-state index in [0.29, 0.717) is 24.2 Å². The van der Waals surface area contributed by atoms with E-state index in [1.165, 1.54) is 4.80 Å². The zero-order valence-corrected chi connectivity index (χ0v) is 12.1. The molecule has 1 aliphatic heterocycles. The van der Waals surface area contributed by atoms with Crippen molar-refractivity contribution >= 4 is 5.91 Å². The van der Waals surface area contributed by atoms with E-state index < -0.39 is 0 Å². The summed E-state index contributed by atoms with van der Waals surface area (Å²) in [5.41, 5.74) is 9.73. The molecule has 8 nitrogen and oxygen atoms in total. The molecule has 1 fully saturated rings. The number of amides is 1. The van der Waals surface area contributed by atoms with Gasteiger partial charge in [-0.2, -0.15) is 15.0 Å². The largest absolute Gasteiger partial charge is 0.335 e. The Labute approximate surface area is 127 Å². The minimum absolute atomic E-state index is 0.0293. The van der Waals surface area contributed by atoms with Crippen LogP contribution in [0.1, 0.15) is 23.7 Å². The molecule has 2 aromatic rings. The van der Waals surface area contributed by atoms with Gasteiger partial charge in [-0.3, -0.25) is 4.79 Å². The lowest BCUT2D eigenvalue weighted by Crippen LogP contribution is -2.35. The van der Waals surface area contributed by atoms with Crippen LogP contribution in [-0.4, -0.2) is 44.4 Å². The first kappa shape index (κ1) is 14.1. The molecule has 1 saturated heterocycles. The third-order valence-electron chi connectivity index (χ3n) is 3.80. The molecule has 1 aromatic carbocycles. The summed E-state index contributed by atoms with van der Waals surface area (Å²) in [4.78, 5) is 18.9. The van der Waals surface area contributed by atoms with E-state index >= 15 is 0 Å². The van der Waals surface area contributed by atoms with Crippen molar-refractivity contribution in [3.05, 3.63) is 52.7 Å². The second kappa shape index (κ2) is 5.87. The van der Waals surface area contributed by atoms with E-state index in [0.717, 1.165) is 0 Å². The predicted octanol–water partition coefficient (Wildman–Crippen LogP) is 2.18. The molecule has 112 valence electrons. The van der Waals surface area contributed by atoms with Crippen LogP contribution in [-0.2, 0) is 0 Å². The van der Waals surface area contributed by atoms with Crippen LogP contribution in [0, 0.1) is 0 Å². The van der Waals surface area contributed by atoms with Gasteiger partial charge in [0, 0.05) is 17.5 Å². The molecule has 1 unspecified atom stereocenters. The van der Waals surface area contributed by atoms with Crippen molar-refractivity contribution in [2.75, 3.05) is 6.54 Å². The average molecular weight is 297 g/mol. The number of nitrogens with zero attached hydrogens (tertiary/aromatic N) is 7. The molecule has 8 heteroatoms. The molecule has 0 saturated carbocycles. The third-order valence-corrected chi connectivity index (χ3v) is 3.80. The number of rotatable bonds is 3. The highest BCUT2D eigenvalue weighted by molar-refractivity contribution is 5.98. The van der Waals surface area contributed by atoms with E-state index in [2.05, 4.69) is 20.2 Å². The lowest BCUT2D eigenvalue weighted by Gasteiger charge is -2.22. The highest BCUT2D eigenvalue weighted by Gasteiger charge is 2.33. The van der Waals surface area contributed by atoms with E-state index in [4.69, 9.17) is 5.53 Å². The molecule has 0 bridgehead atoms. The second-order valence-corrected chi connectivity index (χ2v) is 5.24. The maximum atomic E-state index is 12.8. The first-order chi connectivity index (χ1) is 10.7. The van der Waals surface area contributed by atoms with E-state index in [9.17, 15) is 4.79 Å². The maximum Gasteiger partial charge on any atom is 0.256 e. The number of hydrogen-bond donors (Lipinski definition) is 0. The number of hydrogen-bond acceptors (Lipinski definition) is 4. The van der Waals surface area contributed by atoms with Crippen molar-refractivity contribution in [2.24, 2.45) is 5.11 Å². The second-order valence-electron chi connectivity index (χ2n) is 5.24. The van der Waals surface area contributed by atoms with Gasteiger partial charge in [0.25, 0.3) is 5.91 Å². The number of benzene rings is 1. The quantitative estimate of drug-likeness (QED) is 0.493. The van der Waals surface area contributed by atoms with Crippen LogP contribution in [0.25, 0.3) is 16.1 Å². The fourth-order valence-electron chi connectivity index (χ4n) is 2.77. The zero-order valence-electron chi connectivity index (χ0n) is 12.1. The van der Waals surface area contributed by atoms with Gasteiger partial charge in [0.2, 0.25) is 0 Å². The topological polar surface area (TPSA) is 99.8 Å². The van der Waals surface area contributed by atoms with Crippen LogP contribution >= 0.6 is 0 Å². The van der Waals surface area contributed by atoms with Crippen molar-refractivity contribution in [3.63, 3.8) is 0 Å². The van der Waals surface area contributed by atoms with E-state index in [-0.39, 0.29) is 18.0 Å².